The number of nitrogens with one attached hydrogen (secondary N) is 2. The number of hydrogen-bond donors (Lipinski definition) is 2. The number of hydrogen-bond acceptors (Lipinski definition) is 3. The molecule has 9 heteroatoms. The van der Waals surface area contributed by atoms with Crippen LogP contribution in [0.1, 0.15) is 36.7 Å². The first-order valence-corrected chi connectivity index (χ1v) is 7.02. The fourth-order valence-electron chi connectivity index (χ4n) is 1.64. The smallest absolute Gasteiger partial charge is 0.419 e. The molecule has 0 radical (unpaired) electrons. The van der Waals surface area contributed by atoms with Gasteiger partial charge in [0.05, 0.1) is 5.56 Å². The largest absolute Gasteiger partial charge is 0.444 e. The predicted octanol–water partition coefficient (Wildman–Crippen LogP) is 3.10. The second-order valence-corrected chi connectivity index (χ2v) is 5.88. The first-order chi connectivity index (χ1) is 10.9. The maximum Gasteiger partial charge on any atom is 0.419 e. The Hall–Kier alpha value is -2.32. The average molecular weight is 350 g/mol. The second kappa shape index (κ2) is 7.50. The Morgan fingerprint density at radius 3 is 2.21 bits per heavy atom. The van der Waals surface area contributed by atoms with Gasteiger partial charge >= 0.3 is 12.3 Å². The highest BCUT2D eigenvalue weighted by molar-refractivity contribution is 5.94. The SMILES string of the molecule is CC(C)(C)OC(=O)NCCNC(=O)c1ccc(F)c(C(F)(F)F)c1. The topological polar surface area (TPSA) is 67.4 Å². The number of alkyl halides is 3. The molecule has 2 N–H and O–H groups in total. The number of carbonyl (C=O) groups excluding carboxylic acids is 2. The maximum absolute atomic E-state index is 13.1. The van der Waals surface area contributed by atoms with Crippen LogP contribution in [0.15, 0.2) is 18.2 Å². The van der Waals surface area contributed by atoms with Gasteiger partial charge in [0.25, 0.3) is 5.91 Å². The number of ether oxygens (including phenoxy) is 1. The lowest BCUT2D eigenvalue weighted by atomic mass is 10.1. The number of alkyl carbamates (subject to hydrolysis) is 1. The Kier molecular flexibility index (Phi) is 6.16. The maximum atomic E-state index is 13.1. The number of amides is 2. The summed E-state index contributed by atoms with van der Waals surface area (Å²) < 4.78 is 55.9. The van der Waals surface area contributed by atoms with E-state index in [-0.39, 0.29) is 18.7 Å². The fraction of sp³-hybridized carbons (Fsp3) is 0.467. The van der Waals surface area contributed by atoms with Crippen LogP contribution in [0.2, 0.25) is 0 Å². The highest BCUT2D eigenvalue weighted by Gasteiger charge is 2.34. The lowest BCUT2D eigenvalue weighted by Crippen LogP contribution is -2.37. The summed E-state index contributed by atoms with van der Waals surface area (Å²) in [5.41, 5.74) is -2.52. The van der Waals surface area contributed by atoms with E-state index in [0.29, 0.717) is 12.1 Å². The monoisotopic (exact) mass is 350 g/mol. The molecule has 0 unspecified atom stereocenters. The molecule has 0 spiro atoms. The molecule has 1 aromatic rings. The van der Waals surface area contributed by atoms with Crippen LogP contribution in [0.3, 0.4) is 0 Å². The van der Waals surface area contributed by atoms with Crippen LogP contribution in [0.25, 0.3) is 0 Å². The summed E-state index contributed by atoms with van der Waals surface area (Å²) in [6.07, 6.45) is -5.57. The molecule has 5 nitrogen and oxygen atoms in total. The number of halogens is 4. The molecule has 0 heterocycles. The highest BCUT2D eigenvalue weighted by atomic mass is 19.4. The van der Waals surface area contributed by atoms with Gasteiger partial charge in [-0.15, -0.1) is 0 Å². The Morgan fingerprint density at radius 1 is 1.08 bits per heavy atom. The molecule has 2 amide bonds. The lowest BCUT2D eigenvalue weighted by Gasteiger charge is -2.19. The molecule has 0 aromatic heterocycles. The molecule has 24 heavy (non-hydrogen) atoms. The lowest BCUT2D eigenvalue weighted by molar-refractivity contribution is -0.140. The van der Waals surface area contributed by atoms with Gasteiger partial charge in [-0.25, -0.2) is 9.18 Å². The molecule has 1 rings (SSSR count). The van der Waals surface area contributed by atoms with Crippen LogP contribution in [0, 0.1) is 5.82 Å². The van der Waals surface area contributed by atoms with Gasteiger partial charge in [-0.1, -0.05) is 0 Å². The van der Waals surface area contributed by atoms with E-state index >= 15 is 0 Å². The van der Waals surface area contributed by atoms with E-state index in [1.807, 2.05) is 0 Å². The van der Waals surface area contributed by atoms with Crippen molar-refractivity contribution in [2.24, 2.45) is 0 Å². The van der Waals surface area contributed by atoms with Crippen molar-refractivity contribution in [3.05, 3.63) is 35.1 Å². The molecule has 0 aliphatic rings. The number of rotatable bonds is 4. The summed E-state index contributed by atoms with van der Waals surface area (Å²) in [6, 6.07) is 1.96. The van der Waals surface area contributed by atoms with Gasteiger partial charge in [-0.05, 0) is 39.0 Å². The van der Waals surface area contributed by atoms with E-state index in [2.05, 4.69) is 10.6 Å². The second-order valence-electron chi connectivity index (χ2n) is 5.88. The molecule has 0 fully saturated rings. The average Bonchev–Trinajstić information content (AvgIpc) is 2.40. The summed E-state index contributed by atoms with van der Waals surface area (Å²) in [7, 11) is 0. The summed E-state index contributed by atoms with van der Waals surface area (Å²) in [5.74, 6) is -2.27. The molecule has 0 aliphatic heterocycles. The third kappa shape index (κ3) is 6.43. The minimum atomic E-state index is -4.89. The van der Waals surface area contributed by atoms with E-state index in [1.54, 1.807) is 20.8 Å². The van der Waals surface area contributed by atoms with Crippen molar-refractivity contribution in [1.29, 1.82) is 0 Å². The van der Waals surface area contributed by atoms with E-state index < -0.39 is 35.2 Å². The van der Waals surface area contributed by atoms with Crippen molar-refractivity contribution < 1.29 is 31.9 Å². The van der Waals surface area contributed by atoms with Crippen molar-refractivity contribution >= 4 is 12.0 Å². The minimum Gasteiger partial charge on any atom is -0.444 e. The summed E-state index contributed by atoms with van der Waals surface area (Å²) in [4.78, 5) is 23.1. The van der Waals surface area contributed by atoms with Crippen LogP contribution in [-0.2, 0) is 10.9 Å². The molecule has 0 aliphatic carbocycles. The van der Waals surface area contributed by atoms with Gasteiger partial charge in [-0.2, -0.15) is 13.2 Å². The van der Waals surface area contributed by atoms with Crippen LogP contribution < -0.4 is 10.6 Å². The molecular formula is C15H18F4N2O3. The van der Waals surface area contributed by atoms with Crippen molar-refractivity contribution in [3.63, 3.8) is 0 Å². The molecular weight excluding hydrogens is 332 g/mol. The van der Waals surface area contributed by atoms with Gasteiger partial charge in [0, 0.05) is 18.7 Å². The van der Waals surface area contributed by atoms with E-state index in [0.717, 1.165) is 6.07 Å². The molecule has 0 saturated heterocycles. The predicted molar refractivity (Wildman–Crippen MR) is 78.0 cm³/mol. The third-order valence-corrected chi connectivity index (χ3v) is 2.61. The van der Waals surface area contributed by atoms with Crippen LogP contribution >= 0.6 is 0 Å². The normalized spacial score (nSPS) is 11.8. The van der Waals surface area contributed by atoms with Crippen molar-refractivity contribution in [1.82, 2.24) is 10.6 Å². The number of benzene rings is 1. The Balaban J connectivity index is 2.54. The quantitative estimate of drug-likeness (QED) is 0.648. The summed E-state index contributed by atoms with van der Waals surface area (Å²) >= 11 is 0. The molecule has 134 valence electrons. The highest BCUT2D eigenvalue weighted by Crippen LogP contribution is 2.31. The van der Waals surface area contributed by atoms with Gasteiger partial charge in [0.2, 0.25) is 0 Å². The van der Waals surface area contributed by atoms with E-state index in [9.17, 15) is 27.2 Å². The van der Waals surface area contributed by atoms with Crippen molar-refractivity contribution in [2.75, 3.05) is 13.1 Å². The third-order valence-electron chi connectivity index (χ3n) is 2.61. The van der Waals surface area contributed by atoms with Crippen LogP contribution in [0.4, 0.5) is 22.4 Å². The molecule has 0 bridgehead atoms. The van der Waals surface area contributed by atoms with Gasteiger partial charge in [0.1, 0.15) is 11.4 Å². The molecule has 0 saturated carbocycles. The Morgan fingerprint density at radius 2 is 1.67 bits per heavy atom. The number of carbonyl (C=O) groups is 2. The van der Waals surface area contributed by atoms with Crippen molar-refractivity contribution in [2.45, 2.75) is 32.5 Å². The zero-order chi connectivity index (χ0) is 18.5. The first kappa shape index (κ1) is 19.7. The molecule has 1 aromatic carbocycles. The zero-order valence-electron chi connectivity index (χ0n) is 13.4. The standard InChI is InChI=1S/C15H18F4N2O3/c1-14(2,3)24-13(23)21-7-6-20-12(22)9-4-5-11(16)10(8-9)15(17,18)19/h4-5,8H,6-7H2,1-3H3,(H,20,22)(H,21,23). The molecule has 0 atom stereocenters. The first-order valence-electron chi connectivity index (χ1n) is 7.02. The van der Waals surface area contributed by atoms with Crippen LogP contribution in [0.5, 0.6) is 0 Å². The van der Waals surface area contributed by atoms with Crippen molar-refractivity contribution in [3.8, 4) is 0 Å². The van der Waals surface area contributed by atoms with Crippen LogP contribution in [-0.4, -0.2) is 30.7 Å². The summed E-state index contributed by atoms with van der Waals surface area (Å²) in [6.45, 7) is 5.04. The van der Waals surface area contributed by atoms with Gasteiger partial charge < -0.3 is 15.4 Å². The Labute approximate surface area is 136 Å². The zero-order valence-corrected chi connectivity index (χ0v) is 13.4. The summed E-state index contributed by atoms with van der Waals surface area (Å²) in [5, 5.41) is 4.69. The Bertz CT molecular complexity index is 610. The van der Waals surface area contributed by atoms with Gasteiger partial charge in [-0.3, -0.25) is 4.79 Å². The minimum absolute atomic E-state index is 0.0218. The van der Waals surface area contributed by atoms with Gasteiger partial charge in [0.15, 0.2) is 0 Å². The van der Waals surface area contributed by atoms with E-state index in [1.165, 1.54) is 0 Å². The fourth-order valence-corrected chi connectivity index (χ4v) is 1.64. The van der Waals surface area contributed by atoms with E-state index in [4.69, 9.17) is 4.74 Å².